The molecule has 1 aromatic rings. The number of carbonyl (C=O) groups excluding carboxylic acids is 1. The van der Waals surface area contributed by atoms with E-state index in [2.05, 4.69) is 36.0 Å². The Hall–Kier alpha value is -1.40. The Morgan fingerprint density at radius 1 is 1.57 bits per heavy atom. The number of amides is 1. The second-order valence-electron chi connectivity index (χ2n) is 7.74. The highest BCUT2D eigenvalue weighted by Crippen LogP contribution is 2.53. The first-order chi connectivity index (χ1) is 10.8. The standard InChI is InChI=1S/C17H28N4O2/c1-11(2)16-17(10-21(16)12(3)22)7-14(15(23)8-17)20(4)9-13-5-6-18-19-13/h5-6,11,14-16,23H,7-10H2,1-4H3,(H,18,19)/t14-,15-,16?,17?/m1/s1. The number of nitrogens with one attached hydrogen (secondary N) is 1. The lowest BCUT2D eigenvalue weighted by Gasteiger charge is -2.58. The zero-order valence-corrected chi connectivity index (χ0v) is 14.5. The molecule has 6 nitrogen and oxygen atoms in total. The van der Waals surface area contributed by atoms with Crippen LogP contribution in [0.2, 0.25) is 0 Å². The molecule has 2 aliphatic rings. The Kier molecular flexibility index (Phi) is 4.23. The van der Waals surface area contributed by atoms with Crippen LogP contribution >= 0.6 is 0 Å². The van der Waals surface area contributed by atoms with Crippen LogP contribution in [0.15, 0.2) is 12.3 Å². The molecule has 3 rings (SSSR count). The highest BCUT2D eigenvalue weighted by molar-refractivity contribution is 5.75. The summed E-state index contributed by atoms with van der Waals surface area (Å²) >= 11 is 0. The monoisotopic (exact) mass is 320 g/mol. The molecule has 1 aliphatic heterocycles. The van der Waals surface area contributed by atoms with E-state index in [9.17, 15) is 9.90 Å². The van der Waals surface area contributed by atoms with Crippen LogP contribution < -0.4 is 0 Å². The number of H-pyrrole nitrogens is 1. The Bertz CT molecular complexity index is 559. The lowest BCUT2D eigenvalue weighted by molar-refractivity contribution is -0.158. The van der Waals surface area contributed by atoms with Crippen molar-refractivity contribution in [2.45, 2.75) is 58.3 Å². The maximum atomic E-state index is 11.8. The summed E-state index contributed by atoms with van der Waals surface area (Å²) in [6.07, 6.45) is 3.16. The average Bonchev–Trinajstić information content (AvgIpc) is 3.03. The van der Waals surface area contributed by atoms with Crippen molar-refractivity contribution in [1.82, 2.24) is 20.0 Å². The summed E-state index contributed by atoms with van der Waals surface area (Å²) in [6, 6.07) is 2.35. The van der Waals surface area contributed by atoms with Crippen LogP contribution in [0.4, 0.5) is 0 Å². The van der Waals surface area contributed by atoms with Crippen LogP contribution in [0.25, 0.3) is 0 Å². The molecule has 4 atom stereocenters. The number of carbonyl (C=O) groups is 1. The number of aromatic nitrogens is 2. The normalized spacial score (nSPS) is 33.7. The molecule has 0 radical (unpaired) electrons. The minimum Gasteiger partial charge on any atom is -0.391 e. The zero-order chi connectivity index (χ0) is 16.8. The van der Waals surface area contributed by atoms with Crippen molar-refractivity contribution in [2.75, 3.05) is 13.6 Å². The third kappa shape index (κ3) is 2.78. The molecule has 2 N–H and O–H groups in total. The molecule has 2 heterocycles. The van der Waals surface area contributed by atoms with Crippen molar-refractivity contribution in [3.63, 3.8) is 0 Å². The highest BCUT2D eigenvalue weighted by Gasteiger charge is 2.60. The average molecular weight is 320 g/mol. The summed E-state index contributed by atoms with van der Waals surface area (Å²) in [5, 5.41) is 17.6. The van der Waals surface area contributed by atoms with Gasteiger partial charge in [0.15, 0.2) is 0 Å². The summed E-state index contributed by atoms with van der Waals surface area (Å²) in [6.45, 7) is 7.54. The van der Waals surface area contributed by atoms with Gasteiger partial charge in [-0.3, -0.25) is 14.8 Å². The molecule has 2 unspecified atom stereocenters. The molecule has 2 fully saturated rings. The van der Waals surface area contributed by atoms with E-state index in [4.69, 9.17) is 0 Å². The fourth-order valence-electron chi connectivity index (χ4n) is 4.89. The first-order valence-electron chi connectivity index (χ1n) is 8.48. The lowest BCUT2D eigenvalue weighted by Crippen LogP contribution is -2.67. The summed E-state index contributed by atoms with van der Waals surface area (Å²) in [4.78, 5) is 16.0. The van der Waals surface area contributed by atoms with Gasteiger partial charge in [-0.15, -0.1) is 0 Å². The van der Waals surface area contributed by atoms with Crippen LogP contribution in [-0.4, -0.2) is 62.8 Å². The van der Waals surface area contributed by atoms with Crippen molar-refractivity contribution in [3.05, 3.63) is 18.0 Å². The minimum absolute atomic E-state index is 0.0756. The van der Waals surface area contributed by atoms with E-state index in [0.29, 0.717) is 5.92 Å². The first kappa shape index (κ1) is 16.5. The predicted molar refractivity (Wildman–Crippen MR) is 87.5 cm³/mol. The lowest BCUT2D eigenvalue weighted by atomic mass is 9.65. The predicted octanol–water partition coefficient (Wildman–Crippen LogP) is 1.24. The largest absolute Gasteiger partial charge is 0.391 e. The number of hydrogen-bond acceptors (Lipinski definition) is 4. The van der Waals surface area contributed by atoms with E-state index < -0.39 is 0 Å². The Morgan fingerprint density at radius 2 is 2.30 bits per heavy atom. The molecule has 1 amide bonds. The molecule has 1 saturated heterocycles. The molecule has 128 valence electrons. The Labute approximate surface area is 137 Å². The van der Waals surface area contributed by atoms with Crippen LogP contribution in [0, 0.1) is 11.3 Å². The van der Waals surface area contributed by atoms with E-state index in [0.717, 1.165) is 31.6 Å². The summed E-state index contributed by atoms with van der Waals surface area (Å²) < 4.78 is 0. The summed E-state index contributed by atoms with van der Waals surface area (Å²) in [7, 11) is 2.06. The van der Waals surface area contributed by atoms with Crippen LogP contribution in [-0.2, 0) is 11.3 Å². The number of aromatic amines is 1. The van der Waals surface area contributed by atoms with E-state index in [1.54, 1.807) is 13.1 Å². The van der Waals surface area contributed by atoms with E-state index in [-0.39, 0.29) is 29.5 Å². The van der Waals surface area contributed by atoms with Gasteiger partial charge in [0, 0.05) is 49.4 Å². The zero-order valence-electron chi connectivity index (χ0n) is 14.5. The Balaban J connectivity index is 1.71. The quantitative estimate of drug-likeness (QED) is 0.875. The van der Waals surface area contributed by atoms with Crippen LogP contribution in [0.1, 0.15) is 39.3 Å². The number of hydrogen-bond donors (Lipinski definition) is 2. The maximum Gasteiger partial charge on any atom is 0.219 e. The van der Waals surface area contributed by atoms with Gasteiger partial charge in [0.25, 0.3) is 0 Å². The van der Waals surface area contributed by atoms with E-state index in [1.165, 1.54) is 0 Å². The SMILES string of the molecule is CC(=O)N1CC2(C[C@@H](O)[C@H](N(C)Cc3ccn[nH]3)C2)C1C(C)C. The third-order valence-corrected chi connectivity index (χ3v) is 5.70. The summed E-state index contributed by atoms with van der Waals surface area (Å²) in [5.74, 6) is 0.564. The van der Waals surface area contributed by atoms with Gasteiger partial charge in [-0.2, -0.15) is 5.10 Å². The smallest absolute Gasteiger partial charge is 0.219 e. The molecular weight excluding hydrogens is 292 g/mol. The third-order valence-electron chi connectivity index (χ3n) is 5.70. The van der Waals surface area contributed by atoms with Gasteiger partial charge in [0.2, 0.25) is 5.91 Å². The van der Waals surface area contributed by atoms with Gasteiger partial charge < -0.3 is 10.0 Å². The van der Waals surface area contributed by atoms with Gasteiger partial charge in [-0.05, 0) is 31.9 Å². The van der Waals surface area contributed by atoms with Crippen molar-refractivity contribution in [2.24, 2.45) is 11.3 Å². The van der Waals surface area contributed by atoms with Crippen molar-refractivity contribution in [1.29, 1.82) is 0 Å². The van der Waals surface area contributed by atoms with Crippen LogP contribution in [0.5, 0.6) is 0 Å². The van der Waals surface area contributed by atoms with Gasteiger partial charge in [-0.25, -0.2) is 0 Å². The highest BCUT2D eigenvalue weighted by atomic mass is 16.3. The minimum atomic E-state index is -0.335. The number of aliphatic hydroxyl groups excluding tert-OH is 1. The number of nitrogens with zero attached hydrogens (tertiary/aromatic N) is 3. The van der Waals surface area contributed by atoms with Crippen molar-refractivity contribution in [3.8, 4) is 0 Å². The first-order valence-corrected chi connectivity index (χ1v) is 8.48. The van der Waals surface area contributed by atoms with Crippen molar-refractivity contribution < 1.29 is 9.90 Å². The molecular formula is C17H28N4O2. The second kappa shape index (κ2) is 5.91. The number of rotatable bonds is 4. The van der Waals surface area contributed by atoms with E-state index in [1.807, 2.05) is 11.0 Å². The summed E-state index contributed by atoms with van der Waals surface area (Å²) in [5.41, 5.74) is 1.13. The van der Waals surface area contributed by atoms with Gasteiger partial charge in [0.05, 0.1) is 6.10 Å². The fraction of sp³-hybridized carbons (Fsp3) is 0.765. The molecule has 1 saturated carbocycles. The molecule has 0 aromatic carbocycles. The van der Waals surface area contributed by atoms with Gasteiger partial charge in [-0.1, -0.05) is 13.8 Å². The fourth-order valence-corrected chi connectivity index (χ4v) is 4.89. The number of aliphatic hydroxyl groups is 1. The van der Waals surface area contributed by atoms with E-state index >= 15 is 0 Å². The molecule has 23 heavy (non-hydrogen) atoms. The van der Waals surface area contributed by atoms with Crippen molar-refractivity contribution >= 4 is 5.91 Å². The maximum absolute atomic E-state index is 11.8. The molecule has 6 heteroatoms. The van der Waals surface area contributed by atoms with Gasteiger partial charge in [0.1, 0.15) is 0 Å². The topological polar surface area (TPSA) is 72.5 Å². The van der Waals surface area contributed by atoms with Gasteiger partial charge >= 0.3 is 0 Å². The number of likely N-dealkylation sites (N-methyl/N-ethyl adjacent to an activating group) is 1. The Morgan fingerprint density at radius 3 is 2.87 bits per heavy atom. The molecule has 1 spiro atoms. The second-order valence-corrected chi connectivity index (χ2v) is 7.74. The molecule has 1 aromatic heterocycles. The number of likely N-dealkylation sites (tertiary alicyclic amines) is 1. The molecule has 0 bridgehead atoms. The van der Waals surface area contributed by atoms with Crippen LogP contribution in [0.3, 0.4) is 0 Å². The molecule has 1 aliphatic carbocycles.